The molecule has 0 saturated heterocycles. The summed E-state index contributed by atoms with van der Waals surface area (Å²) < 4.78 is 16.8. The maximum atomic E-state index is 11.2. The molecule has 3 rings (SSSR count). The number of carboxylic acids is 1. The van der Waals surface area contributed by atoms with Crippen molar-refractivity contribution in [3.8, 4) is 17.2 Å². The van der Waals surface area contributed by atoms with Crippen LogP contribution in [0.15, 0.2) is 84.9 Å². The van der Waals surface area contributed by atoms with Gasteiger partial charge in [-0.1, -0.05) is 48.5 Å². The Morgan fingerprint density at radius 3 is 2.39 bits per heavy atom. The second kappa shape index (κ2) is 11.6. The van der Waals surface area contributed by atoms with Crippen LogP contribution >= 0.6 is 0 Å². The molecule has 1 unspecified atom stereocenters. The number of ether oxygens (including phenoxy) is 3. The molecule has 0 amide bonds. The standard InChI is InChI=1S/C26H26O5/c1-2-29-25(26(27)28)19-21-13-15-22(16-14-21)30-17-7-9-20-8-6-12-24(18-20)31-23-10-4-3-5-11-23/h3-16,18,25H,2,17,19H2,1H3,(H,27,28). The Kier molecular flexibility index (Phi) is 8.26. The van der Waals surface area contributed by atoms with Crippen molar-refractivity contribution in [2.24, 2.45) is 0 Å². The first-order valence-corrected chi connectivity index (χ1v) is 10.2. The summed E-state index contributed by atoms with van der Waals surface area (Å²) in [5, 5.41) is 9.18. The lowest BCUT2D eigenvalue weighted by molar-refractivity contribution is -0.149. The smallest absolute Gasteiger partial charge is 0.333 e. The van der Waals surface area contributed by atoms with Gasteiger partial charge in [-0.25, -0.2) is 4.79 Å². The first-order chi connectivity index (χ1) is 15.1. The molecule has 0 aliphatic heterocycles. The molecule has 31 heavy (non-hydrogen) atoms. The number of hydrogen-bond donors (Lipinski definition) is 1. The zero-order chi connectivity index (χ0) is 21.9. The van der Waals surface area contributed by atoms with Crippen molar-refractivity contribution in [3.05, 3.63) is 96.1 Å². The summed E-state index contributed by atoms with van der Waals surface area (Å²) in [6.45, 7) is 2.57. The molecule has 0 bridgehead atoms. The zero-order valence-corrected chi connectivity index (χ0v) is 17.4. The molecular weight excluding hydrogens is 392 g/mol. The predicted molar refractivity (Wildman–Crippen MR) is 121 cm³/mol. The first-order valence-electron chi connectivity index (χ1n) is 10.2. The Labute approximate surface area is 182 Å². The second-order valence-corrected chi connectivity index (χ2v) is 6.83. The van der Waals surface area contributed by atoms with E-state index in [9.17, 15) is 9.90 Å². The number of benzene rings is 3. The molecule has 0 aliphatic carbocycles. The van der Waals surface area contributed by atoms with E-state index in [0.29, 0.717) is 19.6 Å². The van der Waals surface area contributed by atoms with Gasteiger partial charge < -0.3 is 19.3 Å². The summed E-state index contributed by atoms with van der Waals surface area (Å²) in [4.78, 5) is 11.2. The molecule has 5 heteroatoms. The van der Waals surface area contributed by atoms with E-state index < -0.39 is 12.1 Å². The first kappa shape index (κ1) is 22.1. The van der Waals surface area contributed by atoms with Crippen LogP contribution in [-0.4, -0.2) is 30.4 Å². The maximum Gasteiger partial charge on any atom is 0.333 e. The van der Waals surface area contributed by atoms with Crippen LogP contribution in [0.3, 0.4) is 0 Å². The quantitative estimate of drug-likeness (QED) is 0.439. The predicted octanol–water partition coefficient (Wildman–Crippen LogP) is 5.60. The van der Waals surface area contributed by atoms with E-state index in [0.717, 1.165) is 28.4 Å². The zero-order valence-electron chi connectivity index (χ0n) is 17.4. The van der Waals surface area contributed by atoms with Gasteiger partial charge in [0, 0.05) is 13.0 Å². The van der Waals surface area contributed by atoms with E-state index in [2.05, 4.69) is 0 Å². The Hall–Kier alpha value is -3.57. The third kappa shape index (κ3) is 7.32. The van der Waals surface area contributed by atoms with E-state index in [4.69, 9.17) is 14.2 Å². The Balaban J connectivity index is 1.50. The number of para-hydroxylation sites is 1. The molecular formula is C26H26O5. The van der Waals surface area contributed by atoms with Gasteiger partial charge in [-0.15, -0.1) is 0 Å². The topological polar surface area (TPSA) is 65.0 Å². The molecule has 0 aliphatic rings. The molecule has 160 valence electrons. The highest BCUT2D eigenvalue weighted by Crippen LogP contribution is 2.22. The van der Waals surface area contributed by atoms with Gasteiger partial charge >= 0.3 is 5.97 Å². The fourth-order valence-corrected chi connectivity index (χ4v) is 2.99. The lowest BCUT2D eigenvalue weighted by Crippen LogP contribution is -2.26. The van der Waals surface area contributed by atoms with Crippen LogP contribution in [-0.2, 0) is 16.0 Å². The van der Waals surface area contributed by atoms with Gasteiger partial charge in [-0.3, -0.25) is 0 Å². The number of rotatable bonds is 11. The van der Waals surface area contributed by atoms with Crippen LogP contribution in [0.25, 0.3) is 6.08 Å². The maximum absolute atomic E-state index is 11.2. The van der Waals surface area contributed by atoms with Crippen molar-refractivity contribution in [1.29, 1.82) is 0 Å². The lowest BCUT2D eigenvalue weighted by atomic mass is 10.1. The Bertz CT molecular complexity index is 980. The van der Waals surface area contributed by atoms with E-state index in [1.807, 2.05) is 91.0 Å². The second-order valence-electron chi connectivity index (χ2n) is 6.83. The van der Waals surface area contributed by atoms with Gasteiger partial charge in [-0.2, -0.15) is 0 Å². The molecule has 0 fully saturated rings. The van der Waals surface area contributed by atoms with Gasteiger partial charge in [0.25, 0.3) is 0 Å². The van der Waals surface area contributed by atoms with Crippen LogP contribution < -0.4 is 9.47 Å². The third-order valence-electron chi connectivity index (χ3n) is 4.48. The van der Waals surface area contributed by atoms with E-state index in [1.54, 1.807) is 6.92 Å². The minimum atomic E-state index is -0.953. The molecule has 0 spiro atoms. The van der Waals surface area contributed by atoms with Gasteiger partial charge in [0.15, 0.2) is 6.10 Å². The molecule has 0 saturated carbocycles. The third-order valence-corrected chi connectivity index (χ3v) is 4.48. The molecule has 1 N–H and O–H groups in total. The largest absolute Gasteiger partial charge is 0.490 e. The van der Waals surface area contributed by atoms with Crippen molar-refractivity contribution < 1.29 is 24.1 Å². The SMILES string of the molecule is CCOC(Cc1ccc(OCC=Cc2cccc(Oc3ccccc3)c2)cc1)C(=O)O. The summed E-state index contributed by atoms with van der Waals surface area (Å²) >= 11 is 0. The van der Waals surface area contributed by atoms with Crippen LogP contribution in [0.1, 0.15) is 18.1 Å². The highest BCUT2D eigenvalue weighted by Gasteiger charge is 2.17. The molecule has 3 aromatic rings. The van der Waals surface area contributed by atoms with Crippen LogP contribution in [0.2, 0.25) is 0 Å². The van der Waals surface area contributed by atoms with Gasteiger partial charge in [-0.05, 0) is 60.5 Å². The van der Waals surface area contributed by atoms with Crippen molar-refractivity contribution in [2.75, 3.05) is 13.2 Å². The minimum absolute atomic E-state index is 0.324. The fraction of sp³-hybridized carbons (Fsp3) is 0.192. The summed E-state index contributed by atoms with van der Waals surface area (Å²) in [7, 11) is 0. The van der Waals surface area contributed by atoms with Gasteiger partial charge in [0.05, 0.1) is 0 Å². The summed E-state index contributed by atoms with van der Waals surface area (Å²) in [5.41, 5.74) is 1.90. The summed E-state index contributed by atoms with van der Waals surface area (Å²) in [6, 6.07) is 24.9. The van der Waals surface area contributed by atoms with Crippen LogP contribution in [0.4, 0.5) is 0 Å². The number of aliphatic carboxylic acids is 1. The average molecular weight is 418 g/mol. The van der Waals surface area contributed by atoms with E-state index in [1.165, 1.54) is 0 Å². The van der Waals surface area contributed by atoms with Crippen molar-refractivity contribution in [3.63, 3.8) is 0 Å². The Morgan fingerprint density at radius 2 is 1.68 bits per heavy atom. The van der Waals surface area contributed by atoms with Crippen molar-refractivity contribution >= 4 is 12.0 Å². The molecule has 0 heterocycles. The van der Waals surface area contributed by atoms with E-state index in [-0.39, 0.29) is 0 Å². The molecule has 0 aromatic heterocycles. The monoisotopic (exact) mass is 418 g/mol. The number of carboxylic acid groups (broad SMARTS) is 1. The molecule has 3 aromatic carbocycles. The molecule has 5 nitrogen and oxygen atoms in total. The normalized spacial score (nSPS) is 11.9. The lowest BCUT2D eigenvalue weighted by Gasteiger charge is -2.12. The Morgan fingerprint density at radius 1 is 0.935 bits per heavy atom. The van der Waals surface area contributed by atoms with Gasteiger partial charge in [0.1, 0.15) is 23.9 Å². The molecule has 0 radical (unpaired) electrons. The molecule has 1 atom stereocenters. The average Bonchev–Trinajstić information content (AvgIpc) is 2.78. The van der Waals surface area contributed by atoms with Crippen LogP contribution in [0.5, 0.6) is 17.2 Å². The number of carbonyl (C=O) groups is 1. The fourth-order valence-electron chi connectivity index (χ4n) is 2.99. The highest BCUT2D eigenvalue weighted by molar-refractivity contribution is 5.72. The van der Waals surface area contributed by atoms with Crippen LogP contribution in [0, 0.1) is 0 Å². The summed E-state index contributed by atoms with van der Waals surface area (Å²) in [6.07, 6.45) is 3.41. The summed E-state index contributed by atoms with van der Waals surface area (Å²) in [5.74, 6) is 1.34. The highest BCUT2D eigenvalue weighted by atomic mass is 16.5. The van der Waals surface area contributed by atoms with Crippen molar-refractivity contribution in [2.45, 2.75) is 19.4 Å². The van der Waals surface area contributed by atoms with Gasteiger partial charge in [0.2, 0.25) is 0 Å². The van der Waals surface area contributed by atoms with E-state index >= 15 is 0 Å². The minimum Gasteiger partial charge on any atom is -0.490 e. The number of hydrogen-bond acceptors (Lipinski definition) is 4. The van der Waals surface area contributed by atoms with Crippen molar-refractivity contribution in [1.82, 2.24) is 0 Å².